The summed E-state index contributed by atoms with van der Waals surface area (Å²) in [5, 5.41) is 14.2. The lowest BCUT2D eigenvalue weighted by Gasteiger charge is -2.15. The predicted molar refractivity (Wildman–Crippen MR) is 130 cm³/mol. The Morgan fingerprint density at radius 1 is 0.886 bits per heavy atom. The molecule has 0 fully saturated rings. The predicted octanol–water partition coefficient (Wildman–Crippen LogP) is 3.86. The number of nitrogens with one attached hydrogen (secondary N) is 2. The van der Waals surface area contributed by atoms with E-state index in [0.29, 0.717) is 5.56 Å². The molecule has 2 amide bonds. The second kappa shape index (κ2) is 11.0. The number of amides is 2. The molecule has 7 nitrogen and oxygen atoms in total. The van der Waals surface area contributed by atoms with Gasteiger partial charge in [-0.2, -0.15) is 0 Å². The third kappa shape index (κ3) is 5.87. The first-order valence-corrected chi connectivity index (χ1v) is 11.2. The van der Waals surface area contributed by atoms with Crippen molar-refractivity contribution in [2.75, 3.05) is 13.2 Å². The Morgan fingerprint density at radius 3 is 2.11 bits per heavy atom. The topological polar surface area (TPSA) is 105 Å². The molecule has 35 heavy (non-hydrogen) atoms. The summed E-state index contributed by atoms with van der Waals surface area (Å²) in [7, 11) is 0. The monoisotopic (exact) mass is 468 g/mol. The standard InChI is InChI=1S/C28H24N2O5/c31-26(30-25(17-27(32)33)19-9-2-1-3-10-19)15-8-16-29-28(34)35-18-24-22-13-6-4-11-20(22)21-12-5-7-14-23(21)24/h1-7,9-14,24-25H,16-18H2,(H,29,34)(H,30,31)(H,32,33). The summed E-state index contributed by atoms with van der Waals surface area (Å²) < 4.78 is 5.43. The minimum absolute atomic E-state index is 0.0471. The Morgan fingerprint density at radius 2 is 1.49 bits per heavy atom. The summed E-state index contributed by atoms with van der Waals surface area (Å²) in [6, 6.07) is 24.2. The Kier molecular flexibility index (Phi) is 7.44. The molecule has 0 spiro atoms. The van der Waals surface area contributed by atoms with E-state index >= 15 is 0 Å². The van der Waals surface area contributed by atoms with Gasteiger partial charge in [-0.05, 0) is 33.7 Å². The SMILES string of the molecule is O=C(O)CC(NC(=O)C#CCNC(=O)OCC1c2ccccc2-c2ccccc21)c1ccccc1. The fourth-order valence-electron chi connectivity index (χ4n) is 4.20. The van der Waals surface area contributed by atoms with Crippen molar-refractivity contribution in [3.63, 3.8) is 0 Å². The number of fused-ring (bicyclic) bond motifs is 3. The molecule has 4 rings (SSSR count). The molecule has 7 heteroatoms. The minimum atomic E-state index is -1.04. The van der Waals surface area contributed by atoms with Crippen LogP contribution in [0, 0.1) is 11.8 Å². The third-order valence-electron chi connectivity index (χ3n) is 5.75. The normalized spacial score (nSPS) is 12.3. The molecule has 3 aromatic rings. The van der Waals surface area contributed by atoms with E-state index in [2.05, 4.69) is 34.6 Å². The van der Waals surface area contributed by atoms with E-state index in [1.165, 1.54) is 0 Å². The van der Waals surface area contributed by atoms with Gasteiger partial charge in [0, 0.05) is 5.92 Å². The molecule has 0 bridgehead atoms. The number of carbonyl (C=O) groups is 3. The number of carboxylic acid groups (broad SMARTS) is 1. The van der Waals surface area contributed by atoms with E-state index in [4.69, 9.17) is 9.84 Å². The molecule has 0 saturated heterocycles. The van der Waals surface area contributed by atoms with Crippen molar-refractivity contribution in [1.29, 1.82) is 0 Å². The summed E-state index contributed by atoms with van der Waals surface area (Å²) in [6.45, 7) is 0.0980. The third-order valence-corrected chi connectivity index (χ3v) is 5.75. The van der Waals surface area contributed by atoms with Crippen LogP contribution in [0.15, 0.2) is 78.9 Å². The molecule has 0 aliphatic heterocycles. The number of hydrogen-bond acceptors (Lipinski definition) is 4. The Hall–Kier alpha value is -4.57. The fraction of sp³-hybridized carbons (Fsp3) is 0.179. The lowest BCUT2D eigenvalue weighted by Crippen LogP contribution is -2.29. The van der Waals surface area contributed by atoms with Crippen molar-refractivity contribution in [2.45, 2.75) is 18.4 Å². The van der Waals surface area contributed by atoms with Gasteiger partial charge in [0.15, 0.2) is 0 Å². The molecular formula is C28H24N2O5. The smallest absolute Gasteiger partial charge is 0.407 e. The number of aliphatic carboxylic acids is 1. The van der Waals surface area contributed by atoms with Gasteiger partial charge in [-0.25, -0.2) is 4.79 Å². The second-order valence-corrected chi connectivity index (χ2v) is 8.02. The number of benzene rings is 3. The van der Waals surface area contributed by atoms with Gasteiger partial charge in [0.2, 0.25) is 0 Å². The second-order valence-electron chi connectivity index (χ2n) is 8.02. The van der Waals surface area contributed by atoms with Crippen LogP contribution in [0.5, 0.6) is 0 Å². The molecule has 3 N–H and O–H groups in total. The Bertz CT molecular complexity index is 1250. The molecular weight excluding hydrogens is 444 g/mol. The highest BCUT2D eigenvalue weighted by Crippen LogP contribution is 2.44. The van der Waals surface area contributed by atoms with Crippen LogP contribution in [0.1, 0.15) is 35.1 Å². The van der Waals surface area contributed by atoms with E-state index in [9.17, 15) is 14.4 Å². The van der Waals surface area contributed by atoms with E-state index in [0.717, 1.165) is 22.3 Å². The van der Waals surface area contributed by atoms with Crippen molar-refractivity contribution < 1.29 is 24.2 Å². The zero-order valence-electron chi connectivity index (χ0n) is 18.9. The van der Waals surface area contributed by atoms with Gasteiger partial charge in [0.05, 0.1) is 19.0 Å². The fourth-order valence-corrected chi connectivity index (χ4v) is 4.20. The Balaban J connectivity index is 1.28. The van der Waals surface area contributed by atoms with Crippen LogP contribution in [0.4, 0.5) is 4.79 Å². The first kappa shape index (κ1) is 23.6. The highest BCUT2D eigenvalue weighted by atomic mass is 16.5. The quantitative estimate of drug-likeness (QED) is 0.457. The Labute approximate surface area is 203 Å². The van der Waals surface area contributed by atoms with Crippen LogP contribution in [-0.2, 0) is 14.3 Å². The zero-order chi connectivity index (χ0) is 24.6. The molecule has 0 aromatic heterocycles. The maximum Gasteiger partial charge on any atom is 0.407 e. The number of alkyl carbamates (subject to hydrolysis) is 1. The summed E-state index contributed by atoms with van der Waals surface area (Å²) >= 11 is 0. The number of ether oxygens (including phenoxy) is 1. The summed E-state index contributed by atoms with van der Waals surface area (Å²) in [5.41, 5.74) is 5.19. The largest absolute Gasteiger partial charge is 0.481 e. The lowest BCUT2D eigenvalue weighted by molar-refractivity contribution is -0.137. The van der Waals surface area contributed by atoms with Gasteiger partial charge < -0.3 is 20.5 Å². The number of carbonyl (C=O) groups excluding carboxylic acids is 2. The number of hydrogen-bond donors (Lipinski definition) is 3. The number of rotatable bonds is 7. The van der Waals surface area contributed by atoms with E-state index in [-0.39, 0.29) is 25.5 Å². The van der Waals surface area contributed by atoms with Crippen LogP contribution in [0.25, 0.3) is 11.1 Å². The van der Waals surface area contributed by atoms with Gasteiger partial charge in [0.1, 0.15) is 6.61 Å². The van der Waals surface area contributed by atoms with E-state index in [1.54, 1.807) is 30.3 Å². The number of carboxylic acids is 1. The molecule has 0 saturated carbocycles. The first-order valence-electron chi connectivity index (χ1n) is 11.2. The summed E-state index contributed by atoms with van der Waals surface area (Å²) in [4.78, 5) is 35.5. The molecule has 0 radical (unpaired) electrons. The highest BCUT2D eigenvalue weighted by molar-refractivity contribution is 5.94. The van der Waals surface area contributed by atoms with Gasteiger partial charge >= 0.3 is 12.1 Å². The van der Waals surface area contributed by atoms with Crippen LogP contribution >= 0.6 is 0 Å². The maximum absolute atomic E-state index is 12.2. The van der Waals surface area contributed by atoms with Gasteiger partial charge in [-0.3, -0.25) is 9.59 Å². The zero-order valence-corrected chi connectivity index (χ0v) is 18.9. The molecule has 3 aromatic carbocycles. The molecule has 0 heterocycles. The van der Waals surface area contributed by atoms with Crippen molar-refractivity contribution in [2.24, 2.45) is 0 Å². The van der Waals surface area contributed by atoms with Crippen molar-refractivity contribution in [3.8, 4) is 23.0 Å². The molecule has 1 atom stereocenters. The van der Waals surface area contributed by atoms with Crippen molar-refractivity contribution >= 4 is 18.0 Å². The molecule has 176 valence electrons. The van der Waals surface area contributed by atoms with Crippen LogP contribution < -0.4 is 10.6 Å². The van der Waals surface area contributed by atoms with Crippen LogP contribution in [-0.4, -0.2) is 36.2 Å². The molecule has 1 unspecified atom stereocenters. The van der Waals surface area contributed by atoms with E-state index in [1.807, 2.05) is 36.4 Å². The first-order chi connectivity index (χ1) is 17.0. The van der Waals surface area contributed by atoms with Crippen LogP contribution in [0.3, 0.4) is 0 Å². The van der Waals surface area contributed by atoms with Crippen LogP contribution in [0.2, 0.25) is 0 Å². The summed E-state index contributed by atoms with van der Waals surface area (Å²) in [5.74, 6) is 3.22. The minimum Gasteiger partial charge on any atom is -0.481 e. The maximum atomic E-state index is 12.2. The summed E-state index contributed by atoms with van der Waals surface area (Å²) in [6.07, 6.45) is -0.898. The van der Waals surface area contributed by atoms with Gasteiger partial charge in [0.25, 0.3) is 5.91 Å². The van der Waals surface area contributed by atoms with Gasteiger partial charge in [-0.1, -0.05) is 84.8 Å². The average Bonchev–Trinajstić information content (AvgIpc) is 3.19. The molecule has 1 aliphatic rings. The van der Waals surface area contributed by atoms with Gasteiger partial charge in [-0.15, -0.1) is 0 Å². The molecule has 1 aliphatic carbocycles. The highest BCUT2D eigenvalue weighted by Gasteiger charge is 2.28. The lowest BCUT2D eigenvalue weighted by atomic mass is 9.98. The van der Waals surface area contributed by atoms with Crippen molar-refractivity contribution in [3.05, 3.63) is 95.6 Å². The van der Waals surface area contributed by atoms with E-state index < -0.39 is 24.0 Å². The average molecular weight is 469 g/mol. The van der Waals surface area contributed by atoms with Crippen molar-refractivity contribution in [1.82, 2.24) is 10.6 Å².